The second-order valence-corrected chi connectivity index (χ2v) is 4.61. The molecular formula is C13H17FN2O. The number of amides is 1. The Labute approximate surface area is 100 Å². The molecule has 0 aliphatic carbocycles. The zero-order valence-electron chi connectivity index (χ0n) is 9.95. The van der Waals surface area contributed by atoms with Crippen molar-refractivity contribution >= 4 is 5.91 Å². The third-order valence-corrected chi connectivity index (χ3v) is 3.16. The van der Waals surface area contributed by atoms with Crippen LogP contribution >= 0.6 is 0 Å². The van der Waals surface area contributed by atoms with E-state index in [2.05, 4.69) is 0 Å². The first kappa shape index (κ1) is 12.0. The summed E-state index contributed by atoms with van der Waals surface area (Å²) in [6.07, 6.45) is 1.90. The van der Waals surface area contributed by atoms with Gasteiger partial charge in [-0.3, -0.25) is 4.79 Å². The summed E-state index contributed by atoms with van der Waals surface area (Å²) in [7, 11) is 0. The summed E-state index contributed by atoms with van der Waals surface area (Å²) >= 11 is 0. The van der Waals surface area contributed by atoms with Gasteiger partial charge >= 0.3 is 0 Å². The molecule has 0 aromatic heterocycles. The summed E-state index contributed by atoms with van der Waals surface area (Å²) in [5.74, 6) is -0.355. The molecule has 2 rings (SSSR count). The number of rotatable bonds is 1. The van der Waals surface area contributed by atoms with E-state index in [-0.39, 0.29) is 17.8 Å². The minimum atomic E-state index is -0.311. The topological polar surface area (TPSA) is 46.3 Å². The fraction of sp³-hybridized carbons (Fsp3) is 0.462. The molecule has 1 fully saturated rings. The van der Waals surface area contributed by atoms with Crippen LogP contribution in [-0.2, 0) is 0 Å². The molecule has 2 N–H and O–H groups in total. The molecule has 0 unspecified atom stereocenters. The number of halogens is 1. The standard InChI is InChI=1S/C13H17FN2O/c1-9-7-10(14)4-5-12(9)13(17)16-6-2-3-11(15)8-16/h4-5,7,11H,2-3,6,8,15H2,1H3/t11-/m1/s1. The summed E-state index contributed by atoms with van der Waals surface area (Å²) in [6, 6.07) is 4.32. The van der Waals surface area contributed by atoms with E-state index in [0.717, 1.165) is 19.4 Å². The van der Waals surface area contributed by atoms with Gasteiger partial charge in [-0.1, -0.05) is 0 Å². The van der Waals surface area contributed by atoms with Crippen molar-refractivity contribution < 1.29 is 9.18 Å². The number of benzene rings is 1. The smallest absolute Gasteiger partial charge is 0.254 e. The van der Waals surface area contributed by atoms with Gasteiger partial charge in [-0.15, -0.1) is 0 Å². The number of likely N-dealkylation sites (tertiary alicyclic amines) is 1. The van der Waals surface area contributed by atoms with Crippen LogP contribution in [0, 0.1) is 12.7 Å². The minimum absolute atomic E-state index is 0.0438. The lowest BCUT2D eigenvalue weighted by Gasteiger charge is -2.31. The van der Waals surface area contributed by atoms with Crippen molar-refractivity contribution in [3.05, 3.63) is 35.1 Å². The van der Waals surface area contributed by atoms with Gasteiger partial charge in [-0.25, -0.2) is 4.39 Å². The monoisotopic (exact) mass is 236 g/mol. The Morgan fingerprint density at radius 2 is 2.29 bits per heavy atom. The molecule has 0 radical (unpaired) electrons. The second kappa shape index (κ2) is 4.84. The van der Waals surface area contributed by atoms with Crippen molar-refractivity contribution in [1.82, 2.24) is 4.90 Å². The number of nitrogens with two attached hydrogens (primary N) is 1. The van der Waals surface area contributed by atoms with Crippen molar-refractivity contribution in [2.75, 3.05) is 13.1 Å². The number of piperidine rings is 1. The molecule has 1 amide bonds. The van der Waals surface area contributed by atoms with Crippen molar-refractivity contribution in [3.8, 4) is 0 Å². The van der Waals surface area contributed by atoms with Crippen molar-refractivity contribution in [3.63, 3.8) is 0 Å². The molecule has 92 valence electrons. The second-order valence-electron chi connectivity index (χ2n) is 4.61. The number of aryl methyl sites for hydroxylation is 1. The SMILES string of the molecule is Cc1cc(F)ccc1C(=O)N1CCC[C@@H](N)C1. The number of carbonyl (C=O) groups is 1. The van der Waals surface area contributed by atoms with Crippen LogP contribution in [0.15, 0.2) is 18.2 Å². The third kappa shape index (κ3) is 2.64. The summed E-state index contributed by atoms with van der Waals surface area (Å²) in [5, 5.41) is 0. The van der Waals surface area contributed by atoms with Gasteiger partial charge in [0.05, 0.1) is 0 Å². The Kier molecular flexibility index (Phi) is 3.43. The van der Waals surface area contributed by atoms with E-state index in [1.165, 1.54) is 12.1 Å². The van der Waals surface area contributed by atoms with Crippen LogP contribution in [0.5, 0.6) is 0 Å². The van der Waals surface area contributed by atoms with Crippen LogP contribution in [0.2, 0.25) is 0 Å². The minimum Gasteiger partial charge on any atom is -0.337 e. The number of carbonyl (C=O) groups excluding carboxylic acids is 1. The summed E-state index contributed by atoms with van der Waals surface area (Å²) in [6.45, 7) is 3.08. The molecule has 0 saturated carbocycles. The van der Waals surface area contributed by atoms with Crippen LogP contribution in [-0.4, -0.2) is 29.9 Å². The number of hydrogen-bond acceptors (Lipinski definition) is 2. The molecule has 3 nitrogen and oxygen atoms in total. The van der Waals surface area contributed by atoms with Gasteiger partial charge in [-0.05, 0) is 43.5 Å². The molecule has 4 heteroatoms. The molecule has 1 aromatic carbocycles. The number of nitrogens with zero attached hydrogens (tertiary/aromatic N) is 1. The predicted molar refractivity (Wildman–Crippen MR) is 64.2 cm³/mol. The highest BCUT2D eigenvalue weighted by atomic mass is 19.1. The van der Waals surface area contributed by atoms with E-state index >= 15 is 0 Å². The average Bonchev–Trinajstić information content (AvgIpc) is 2.28. The normalized spacial score (nSPS) is 20.4. The molecule has 0 bridgehead atoms. The van der Waals surface area contributed by atoms with Crippen LogP contribution in [0.4, 0.5) is 4.39 Å². The Morgan fingerprint density at radius 3 is 2.94 bits per heavy atom. The fourth-order valence-electron chi connectivity index (χ4n) is 2.23. The van der Waals surface area contributed by atoms with E-state index in [1.54, 1.807) is 17.9 Å². The van der Waals surface area contributed by atoms with Crippen LogP contribution in [0.3, 0.4) is 0 Å². The van der Waals surface area contributed by atoms with Gasteiger partial charge in [0, 0.05) is 24.7 Å². The van der Waals surface area contributed by atoms with Gasteiger partial charge in [0.25, 0.3) is 5.91 Å². The van der Waals surface area contributed by atoms with E-state index in [9.17, 15) is 9.18 Å². The van der Waals surface area contributed by atoms with E-state index in [1.807, 2.05) is 0 Å². The van der Waals surface area contributed by atoms with Gasteiger partial charge in [0.15, 0.2) is 0 Å². The van der Waals surface area contributed by atoms with Gasteiger partial charge in [0.2, 0.25) is 0 Å². The van der Waals surface area contributed by atoms with E-state index in [0.29, 0.717) is 17.7 Å². The molecular weight excluding hydrogens is 219 g/mol. The first-order valence-corrected chi connectivity index (χ1v) is 5.89. The van der Waals surface area contributed by atoms with Crippen LogP contribution in [0.25, 0.3) is 0 Å². The quantitative estimate of drug-likeness (QED) is 0.806. The number of hydrogen-bond donors (Lipinski definition) is 1. The molecule has 1 aliphatic rings. The largest absolute Gasteiger partial charge is 0.337 e. The summed E-state index contributed by atoms with van der Waals surface area (Å²) in [4.78, 5) is 14.0. The Balaban J connectivity index is 2.18. The fourth-order valence-corrected chi connectivity index (χ4v) is 2.23. The van der Waals surface area contributed by atoms with E-state index in [4.69, 9.17) is 5.73 Å². The highest BCUT2D eigenvalue weighted by Gasteiger charge is 2.23. The maximum absolute atomic E-state index is 13.0. The molecule has 1 atom stereocenters. The van der Waals surface area contributed by atoms with Gasteiger partial charge < -0.3 is 10.6 Å². The van der Waals surface area contributed by atoms with Crippen molar-refractivity contribution in [1.29, 1.82) is 0 Å². The Bertz CT molecular complexity index is 433. The lowest BCUT2D eigenvalue weighted by atomic mass is 10.0. The highest BCUT2D eigenvalue weighted by molar-refractivity contribution is 5.95. The summed E-state index contributed by atoms with van der Waals surface area (Å²) < 4.78 is 13.0. The lowest BCUT2D eigenvalue weighted by molar-refractivity contribution is 0.0708. The van der Waals surface area contributed by atoms with Crippen LogP contribution in [0.1, 0.15) is 28.8 Å². The third-order valence-electron chi connectivity index (χ3n) is 3.16. The molecule has 0 spiro atoms. The highest BCUT2D eigenvalue weighted by Crippen LogP contribution is 2.16. The summed E-state index contributed by atoms with van der Waals surface area (Å²) in [5.41, 5.74) is 7.09. The molecule has 1 saturated heterocycles. The molecule has 1 aliphatic heterocycles. The average molecular weight is 236 g/mol. The zero-order chi connectivity index (χ0) is 12.4. The predicted octanol–water partition coefficient (Wildman–Crippen LogP) is 1.70. The van der Waals surface area contributed by atoms with Crippen LogP contribution < -0.4 is 5.73 Å². The molecule has 17 heavy (non-hydrogen) atoms. The first-order valence-electron chi connectivity index (χ1n) is 5.89. The zero-order valence-corrected chi connectivity index (χ0v) is 9.95. The van der Waals surface area contributed by atoms with E-state index < -0.39 is 0 Å². The molecule has 1 aromatic rings. The first-order chi connectivity index (χ1) is 8.08. The molecule has 1 heterocycles. The van der Waals surface area contributed by atoms with Crippen molar-refractivity contribution in [2.24, 2.45) is 5.73 Å². The van der Waals surface area contributed by atoms with Gasteiger partial charge in [0.1, 0.15) is 5.82 Å². The lowest BCUT2D eigenvalue weighted by Crippen LogP contribution is -2.45. The Hall–Kier alpha value is -1.42. The van der Waals surface area contributed by atoms with Crippen molar-refractivity contribution in [2.45, 2.75) is 25.8 Å². The maximum Gasteiger partial charge on any atom is 0.254 e. The van der Waals surface area contributed by atoms with Gasteiger partial charge in [-0.2, -0.15) is 0 Å². The maximum atomic E-state index is 13.0. The Morgan fingerprint density at radius 1 is 1.53 bits per heavy atom.